The fourth-order valence-electron chi connectivity index (χ4n) is 4.99. The molecule has 2 aliphatic heterocycles. The lowest BCUT2D eigenvalue weighted by molar-refractivity contribution is 1.20. The molecular weight excluding hydrogens is 392 g/mol. The van der Waals surface area contributed by atoms with Gasteiger partial charge in [-0.3, -0.25) is 0 Å². The monoisotopic (exact) mass is 422 g/mol. The summed E-state index contributed by atoms with van der Waals surface area (Å²) in [6, 6.07) is 17.2. The minimum absolute atomic E-state index is 0.971. The molecule has 5 heterocycles. The van der Waals surface area contributed by atoms with Crippen LogP contribution >= 0.6 is 0 Å². The predicted octanol–water partition coefficient (Wildman–Crippen LogP) is 7.78. The number of aromatic amines is 2. The highest BCUT2D eigenvalue weighted by Crippen LogP contribution is 2.36. The summed E-state index contributed by atoms with van der Waals surface area (Å²) in [4.78, 5) is 17.2. The standard InChI is InChI=1S/C28H30N4/c1-5-21-22(6-2)26-14-18-11-12-20(30-18)16-28-24(8-4)23(7-3)27(32-28)15-19-10-9-17(29-19)13-25(21)31-26/h9-16,29-30H,5-8H2,1-4H3. The van der Waals surface area contributed by atoms with Crippen molar-refractivity contribution in [3.63, 3.8) is 0 Å². The highest BCUT2D eigenvalue weighted by atomic mass is 14.8. The lowest BCUT2D eigenvalue weighted by Gasteiger charge is -2.02. The number of H-pyrrole nitrogens is 2. The van der Waals surface area contributed by atoms with E-state index in [1.54, 1.807) is 0 Å². The summed E-state index contributed by atoms with van der Waals surface area (Å²) >= 11 is 0. The molecule has 0 amide bonds. The zero-order valence-electron chi connectivity index (χ0n) is 19.3. The first-order valence-corrected chi connectivity index (χ1v) is 11.8. The van der Waals surface area contributed by atoms with Crippen molar-refractivity contribution in [1.29, 1.82) is 0 Å². The van der Waals surface area contributed by atoms with Crippen LogP contribution in [0.4, 0.5) is 0 Å². The van der Waals surface area contributed by atoms with Gasteiger partial charge in [-0.25, -0.2) is 9.97 Å². The third kappa shape index (κ3) is 3.50. The Morgan fingerprint density at radius 2 is 0.719 bits per heavy atom. The molecule has 8 bridgehead atoms. The van der Waals surface area contributed by atoms with E-state index in [2.05, 4.69) is 86.2 Å². The number of nitrogens with zero attached hydrogens (tertiary/aromatic N) is 2. The maximum Gasteiger partial charge on any atom is 0.0693 e. The predicted molar refractivity (Wildman–Crippen MR) is 136 cm³/mol. The van der Waals surface area contributed by atoms with E-state index in [9.17, 15) is 0 Å². The molecule has 2 aliphatic rings. The fourth-order valence-corrected chi connectivity index (χ4v) is 4.99. The SMILES string of the molecule is CCC1=C(CC)c2cc3ccc(cc4nc(cc5ccc(cc1n2)[nH]5)C(CC)=C4CC)[nH]3. The molecule has 0 radical (unpaired) electrons. The Labute approximate surface area is 189 Å². The number of nitrogens with one attached hydrogen (secondary N) is 2. The van der Waals surface area contributed by atoms with E-state index in [0.717, 1.165) is 70.5 Å². The smallest absolute Gasteiger partial charge is 0.0693 e. The summed E-state index contributed by atoms with van der Waals surface area (Å²) in [5, 5.41) is 0. The number of fused-ring (bicyclic) bond motifs is 8. The van der Waals surface area contributed by atoms with Gasteiger partial charge in [0.25, 0.3) is 0 Å². The quantitative estimate of drug-likeness (QED) is 0.451. The molecule has 4 heteroatoms. The molecule has 3 aromatic heterocycles. The van der Waals surface area contributed by atoms with Gasteiger partial charge in [0, 0.05) is 22.1 Å². The summed E-state index contributed by atoms with van der Waals surface area (Å²) < 4.78 is 0. The second-order valence-corrected chi connectivity index (χ2v) is 8.41. The maximum absolute atomic E-state index is 5.03. The van der Waals surface area contributed by atoms with Gasteiger partial charge in [0.05, 0.1) is 22.8 Å². The zero-order valence-corrected chi connectivity index (χ0v) is 19.3. The Hall–Kier alpha value is -3.40. The van der Waals surface area contributed by atoms with E-state index in [4.69, 9.17) is 9.97 Å². The summed E-state index contributed by atoms with van der Waals surface area (Å²) in [7, 11) is 0. The van der Waals surface area contributed by atoms with Crippen LogP contribution in [0, 0.1) is 0 Å². The highest BCUT2D eigenvalue weighted by Gasteiger charge is 2.18. The van der Waals surface area contributed by atoms with Crippen molar-refractivity contribution in [3.05, 3.63) is 71.3 Å². The van der Waals surface area contributed by atoms with Gasteiger partial charge in [-0.1, -0.05) is 27.7 Å². The number of allylic oxidation sites excluding steroid dienone is 4. The number of aromatic nitrogens is 4. The Balaban J connectivity index is 1.87. The molecule has 0 fully saturated rings. The minimum Gasteiger partial charge on any atom is -0.355 e. The zero-order chi connectivity index (χ0) is 22.2. The lowest BCUT2D eigenvalue weighted by atomic mass is 10.0. The first kappa shape index (κ1) is 20.5. The fraction of sp³-hybridized carbons (Fsp3) is 0.286. The lowest BCUT2D eigenvalue weighted by Crippen LogP contribution is -1.82. The van der Waals surface area contributed by atoms with Crippen LogP contribution in [0.3, 0.4) is 0 Å². The van der Waals surface area contributed by atoms with Gasteiger partial charge >= 0.3 is 0 Å². The Morgan fingerprint density at radius 3 is 0.938 bits per heavy atom. The molecule has 0 unspecified atom stereocenters. The molecule has 5 rings (SSSR count). The molecule has 0 saturated heterocycles. The van der Waals surface area contributed by atoms with Crippen LogP contribution in [-0.2, 0) is 0 Å². The Bertz CT molecular complexity index is 1210. The van der Waals surface area contributed by atoms with Crippen LogP contribution in [0.2, 0.25) is 0 Å². The molecule has 4 nitrogen and oxygen atoms in total. The molecule has 0 aliphatic carbocycles. The van der Waals surface area contributed by atoms with Crippen LogP contribution in [0.5, 0.6) is 0 Å². The van der Waals surface area contributed by atoms with Gasteiger partial charge in [-0.05, 0) is 96.5 Å². The van der Waals surface area contributed by atoms with Gasteiger partial charge in [-0.15, -0.1) is 0 Å². The van der Waals surface area contributed by atoms with E-state index >= 15 is 0 Å². The average molecular weight is 423 g/mol. The Morgan fingerprint density at radius 1 is 0.469 bits per heavy atom. The molecule has 2 N–H and O–H groups in total. The molecule has 0 atom stereocenters. The van der Waals surface area contributed by atoms with Crippen LogP contribution in [-0.4, -0.2) is 19.9 Å². The number of hydrogen-bond acceptors (Lipinski definition) is 2. The summed E-state index contributed by atoms with van der Waals surface area (Å²) in [6.45, 7) is 8.85. The van der Waals surface area contributed by atoms with E-state index in [0.29, 0.717) is 0 Å². The van der Waals surface area contributed by atoms with Crippen molar-refractivity contribution in [2.75, 3.05) is 0 Å². The van der Waals surface area contributed by atoms with E-state index < -0.39 is 0 Å². The van der Waals surface area contributed by atoms with Gasteiger partial charge in [0.1, 0.15) is 0 Å². The molecule has 32 heavy (non-hydrogen) atoms. The van der Waals surface area contributed by atoms with Crippen LogP contribution < -0.4 is 0 Å². The largest absolute Gasteiger partial charge is 0.355 e. The van der Waals surface area contributed by atoms with E-state index in [1.807, 2.05) is 0 Å². The third-order valence-electron chi connectivity index (χ3n) is 6.49. The van der Waals surface area contributed by atoms with Gasteiger partial charge in [-0.2, -0.15) is 0 Å². The molecule has 0 spiro atoms. The number of rotatable bonds is 4. The van der Waals surface area contributed by atoms with Crippen molar-refractivity contribution < 1.29 is 0 Å². The van der Waals surface area contributed by atoms with E-state index in [-0.39, 0.29) is 0 Å². The molecular formula is C28H30N4. The van der Waals surface area contributed by atoms with Gasteiger partial charge < -0.3 is 9.97 Å². The molecule has 0 aromatic carbocycles. The minimum atomic E-state index is 0.971. The first-order valence-electron chi connectivity index (χ1n) is 11.8. The third-order valence-corrected chi connectivity index (χ3v) is 6.49. The van der Waals surface area contributed by atoms with Crippen LogP contribution in [0.25, 0.3) is 44.4 Å². The molecule has 0 saturated carbocycles. The second-order valence-electron chi connectivity index (χ2n) is 8.41. The van der Waals surface area contributed by atoms with Crippen LogP contribution in [0.1, 0.15) is 76.2 Å². The summed E-state index contributed by atoms with van der Waals surface area (Å²) in [5.74, 6) is 0. The van der Waals surface area contributed by atoms with Crippen LogP contribution in [0.15, 0.2) is 48.5 Å². The summed E-state index contributed by atoms with van der Waals surface area (Å²) in [6.07, 6.45) is 3.88. The summed E-state index contributed by atoms with van der Waals surface area (Å²) in [5.41, 5.74) is 13.9. The van der Waals surface area contributed by atoms with Crippen molar-refractivity contribution in [2.24, 2.45) is 0 Å². The normalized spacial score (nSPS) is 13.9. The topological polar surface area (TPSA) is 57.4 Å². The van der Waals surface area contributed by atoms with Gasteiger partial charge in [0.2, 0.25) is 0 Å². The first-order chi connectivity index (χ1) is 15.6. The Kier molecular flexibility index (Phi) is 5.30. The van der Waals surface area contributed by atoms with Crippen molar-refractivity contribution in [2.45, 2.75) is 53.4 Å². The van der Waals surface area contributed by atoms with Crippen molar-refractivity contribution in [1.82, 2.24) is 19.9 Å². The maximum atomic E-state index is 5.03. The number of hydrogen-bond donors (Lipinski definition) is 2. The van der Waals surface area contributed by atoms with Crippen molar-refractivity contribution >= 4 is 44.4 Å². The average Bonchev–Trinajstić information content (AvgIpc) is 3.55. The highest BCUT2D eigenvalue weighted by molar-refractivity contribution is 5.94. The molecule has 162 valence electrons. The van der Waals surface area contributed by atoms with Gasteiger partial charge in [0.15, 0.2) is 0 Å². The van der Waals surface area contributed by atoms with E-state index in [1.165, 1.54) is 22.3 Å². The second kappa shape index (κ2) is 8.27. The van der Waals surface area contributed by atoms with Crippen molar-refractivity contribution in [3.8, 4) is 0 Å². The molecule has 3 aromatic rings.